The second-order valence-electron chi connectivity index (χ2n) is 6.20. The van der Waals surface area contributed by atoms with Crippen LogP contribution in [-0.4, -0.2) is 36.9 Å². The van der Waals surface area contributed by atoms with Crippen molar-refractivity contribution in [2.24, 2.45) is 0 Å². The average Bonchev–Trinajstić information content (AvgIpc) is 2.56. The molecule has 0 unspecified atom stereocenters. The first kappa shape index (κ1) is 16.9. The van der Waals surface area contributed by atoms with Crippen LogP contribution in [0.3, 0.4) is 0 Å². The molecule has 1 aliphatic heterocycles. The van der Waals surface area contributed by atoms with Gasteiger partial charge >= 0.3 is 0 Å². The Labute approximate surface area is 143 Å². The number of aryl methyl sites for hydroxylation is 2. The summed E-state index contributed by atoms with van der Waals surface area (Å²) in [7, 11) is -3.49. The molecule has 0 N–H and O–H groups in total. The number of hydrogen-bond donors (Lipinski definition) is 0. The van der Waals surface area contributed by atoms with Crippen LogP contribution in [0.4, 0.5) is 0 Å². The summed E-state index contributed by atoms with van der Waals surface area (Å²) < 4.78 is 33.4. The number of benzene rings is 1. The van der Waals surface area contributed by atoms with Crippen molar-refractivity contribution in [3.8, 4) is 5.75 Å². The monoisotopic (exact) mass is 346 g/mol. The van der Waals surface area contributed by atoms with Crippen LogP contribution in [0.25, 0.3) is 0 Å². The van der Waals surface area contributed by atoms with E-state index in [2.05, 4.69) is 4.98 Å². The van der Waals surface area contributed by atoms with Crippen molar-refractivity contribution in [3.05, 3.63) is 53.9 Å². The summed E-state index contributed by atoms with van der Waals surface area (Å²) in [5.41, 5.74) is 1.84. The quantitative estimate of drug-likeness (QED) is 0.854. The Hall–Kier alpha value is -1.92. The topological polar surface area (TPSA) is 59.5 Å². The van der Waals surface area contributed by atoms with E-state index in [4.69, 9.17) is 4.74 Å². The Balaban J connectivity index is 1.78. The molecule has 0 spiro atoms. The van der Waals surface area contributed by atoms with Crippen molar-refractivity contribution in [3.63, 3.8) is 0 Å². The Kier molecular flexibility index (Phi) is 4.87. The molecule has 0 radical (unpaired) electrons. The van der Waals surface area contributed by atoms with E-state index in [1.165, 1.54) is 0 Å². The first-order valence-corrected chi connectivity index (χ1v) is 9.55. The average molecular weight is 346 g/mol. The summed E-state index contributed by atoms with van der Waals surface area (Å²) in [5, 5.41) is 0. The normalized spacial score (nSPS) is 19.2. The van der Waals surface area contributed by atoms with Crippen LogP contribution < -0.4 is 4.74 Å². The smallest absolute Gasteiger partial charge is 0.243 e. The lowest BCUT2D eigenvalue weighted by molar-refractivity contribution is 0.129. The summed E-state index contributed by atoms with van der Waals surface area (Å²) in [6.45, 7) is 4.71. The summed E-state index contributed by atoms with van der Waals surface area (Å²) in [4.78, 5) is 4.35. The molecule has 24 heavy (non-hydrogen) atoms. The van der Waals surface area contributed by atoms with E-state index >= 15 is 0 Å². The number of nitrogens with zero attached hydrogens (tertiary/aromatic N) is 2. The maximum absolute atomic E-state index is 13.0. The molecule has 0 amide bonds. The Morgan fingerprint density at radius 3 is 2.62 bits per heavy atom. The minimum Gasteiger partial charge on any atom is -0.489 e. The highest BCUT2D eigenvalue weighted by atomic mass is 32.2. The van der Waals surface area contributed by atoms with Gasteiger partial charge in [-0.3, -0.25) is 4.98 Å². The van der Waals surface area contributed by atoms with Crippen LogP contribution >= 0.6 is 0 Å². The molecule has 1 aromatic carbocycles. The Morgan fingerprint density at radius 2 is 1.92 bits per heavy atom. The molecule has 128 valence electrons. The largest absolute Gasteiger partial charge is 0.489 e. The first-order chi connectivity index (χ1) is 11.5. The van der Waals surface area contributed by atoms with Crippen molar-refractivity contribution < 1.29 is 13.2 Å². The minimum atomic E-state index is -3.49. The van der Waals surface area contributed by atoms with Gasteiger partial charge in [0.1, 0.15) is 11.9 Å². The third kappa shape index (κ3) is 3.60. The summed E-state index contributed by atoms with van der Waals surface area (Å²) in [5.74, 6) is 0.723. The standard InChI is InChI=1S/C18H22N2O3S/c1-14-5-6-18(15(2)12-14)24(21,22)20-11-3-4-17(13-20)23-16-7-9-19-10-8-16/h5-10,12,17H,3-4,11,13H2,1-2H3/t17-/m0/s1. The van der Waals surface area contributed by atoms with E-state index in [1.54, 1.807) is 34.9 Å². The fourth-order valence-corrected chi connectivity index (χ4v) is 4.77. The fraction of sp³-hybridized carbons (Fsp3) is 0.389. The van der Waals surface area contributed by atoms with Gasteiger partial charge in [0.25, 0.3) is 0 Å². The molecule has 5 nitrogen and oxygen atoms in total. The van der Waals surface area contributed by atoms with Crippen molar-refractivity contribution in [2.45, 2.75) is 37.7 Å². The number of ether oxygens (including phenoxy) is 1. The first-order valence-electron chi connectivity index (χ1n) is 8.11. The van der Waals surface area contributed by atoms with Crippen molar-refractivity contribution >= 4 is 10.0 Å². The highest BCUT2D eigenvalue weighted by molar-refractivity contribution is 7.89. The molecule has 0 aliphatic carbocycles. The van der Waals surface area contributed by atoms with Gasteiger partial charge in [-0.2, -0.15) is 4.31 Å². The van der Waals surface area contributed by atoms with Gasteiger partial charge in [0.2, 0.25) is 10.0 Å². The van der Waals surface area contributed by atoms with E-state index < -0.39 is 10.0 Å². The highest BCUT2D eigenvalue weighted by Crippen LogP contribution is 2.25. The van der Waals surface area contributed by atoms with Gasteiger partial charge in [-0.15, -0.1) is 0 Å². The summed E-state index contributed by atoms with van der Waals surface area (Å²) in [6.07, 6.45) is 4.84. The molecule has 0 saturated carbocycles. The van der Waals surface area contributed by atoms with E-state index in [-0.39, 0.29) is 6.10 Å². The predicted octanol–water partition coefficient (Wildman–Crippen LogP) is 2.93. The van der Waals surface area contributed by atoms with Crippen LogP contribution in [-0.2, 0) is 10.0 Å². The molecule has 1 atom stereocenters. The molecule has 2 heterocycles. The molecule has 1 saturated heterocycles. The van der Waals surface area contributed by atoms with E-state index in [0.717, 1.165) is 29.7 Å². The SMILES string of the molecule is Cc1ccc(S(=O)(=O)N2CCC[C@H](Oc3ccncc3)C2)c(C)c1. The predicted molar refractivity (Wildman–Crippen MR) is 92.6 cm³/mol. The van der Waals surface area contributed by atoms with Gasteiger partial charge in [-0.1, -0.05) is 17.7 Å². The zero-order valence-electron chi connectivity index (χ0n) is 14.0. The van der Waals surface area contributed by atoms with Crippen molar-refractivity contribution in [1.82, 2.24) is 9.29 Å². The maximum Gasteiger partial charge on any atom is 0.243 e. The van der Waals surface area contributed by atoms with Gasteiger partial charge in [0.15, 0.2) is 0 Å². The van der Waals surface area contributed by atoms with E-state index in [1.807, 2.05) is 26.0 Å². The van der Waals surface area contributed by atoms with Crippen LogP contribution in [0.15, 0.2) is 47.6 Å². The second kappa shape index (κ2) is 6.91. The lowest BCUT2D eigenvalue weighted by Gasteiger charge is -2.32. The van der Waals surface area contributed by atoms with Crippen molar-refractivity contribution in [2.75, 3.05) is 13.1 Å². The molecule has 3 rings (SSSR count). The number of rotatable bonds is 4. The van der Waals surface area contributed by atoms with Gasteiger partial charge < -0.3 is 4.74 Å². The van der Waals surface area contributed by atoms with Crippen LogP contribution in [0.5, 0.6) is 5.75 Å². The molecule has 6 heteroatoms. The minimum absolute atomic E-state index is 0.137. The van der Waals surface area contributed by atoms with E-state index in [0.29, 0.717) is 18.0 Å². The Bertz CT molecular complexity index is 806. The number of piperidine rings is 1. The van der Waals surface area contributed by atoms with Crippen LogP contribution in [0, 0.1) is 13.8 Å². The lowest BCUT2D eigenvalue weighted by atomic mass is 10.1. The highest BCUT2D eigenvalue weighted by Gasteiger charge is 2.32. The Morgan fingerprint density at radius 1 is 1.17 bits per heavy atom. The molecular formula is C18H22N2O3S. The van der Waals surface area contributed by atoms with Gasteiger partial charge in [0.05, 0.1) is 11.4 Å². The van der Waals surface area contributed by atoms with Crippen LogP contribution in [0.1, 0.15) is 24.0 Å². The third-order valence-electron chi connectivity index (χ3n) is 4.24. The van der Waals surface area contributed by atoms with E-state index in [9.17, 15) is 8.42 Å². The number of hydrogen-bond acceptors (Lipinski definition) is 4. The molecular weight excluding hydrogens is 324 g/mol. The molecule has 1 aromatic heterocycles. The number of pyridine rings is 1. The van der Waals surface area contributed by atoms with Gasteiger partial charge in [0, 0.05) is 18.9 Å². The van der Waals surface area contributed by atoms with Gasteiger partial charge in [-0.05, 0) is 50.5 Å². The molecule has 1 fully saturated rings. The summed E-state index contributed by atoms with van der Waals surface area (Å²) in [6, 6.07) is 9.03. The van der Waals surface area contributed by atoms with Gasteiger partial charge in [-0.25, -0.2) is 8.42 Å². The second-order valence-corrected chi connectivity index (χ2v) is 8.10. The third-order valence-corrected chi connectivity index (χ3v) is 6.27. The zero-order chi connectivity index (χ0) is 17.2. The molecule has 2 aromatic rings. The number of sulfonamides is 1. The summed E-state index contributed by atoms with van der Waals surface area (Å²) >= 11 is 0. The van der Waals surface area contributed by atoms with Crippen molar-refractivity contribution in [1.29, 1.82) is 0 Å². The molecule has 1 aliphatic rings. The lowest BCUT2D eigenvalue weighted by Crippen LogP contribution is -2.44. The zero-order valence-corrected chi connectivity index (χ0v) is 14.8. The molecule has 0 bridgehead atoms. The van der Waals surface area contributed by atoms with Crippen LogP contribution in [0.2, 0.25) is 0 Å². The fourth-order valence-electron chi connectivity index (χ4n) is 3.06. The number of aromatic nitrogens is 1. The maximum atomic E-state index is 13.0.